The Hall–Kier alpha value is -1.02. The van der Waals surface area contributed by atoms with Crippen LogP contribution >= 0.6 is 34.8 Å². The van der Waals surface area contributed by atoms with Crippen LogP contribution < -0.4 is 10.1 Å². The Morgan fingerprint density at radius 1 is 1.07 bits per heavy atom. The SMILES string of the molecule is CS(=O)(=O)c1ccc(OC2c3cc(Cl)cc(Cl)c3CC2N2CCCNCC2)c(Cl)c1. The lowest BCUT2D eigenvalue weighted by Gasteiger charge is -2.32. The number of ether oxygens (including phenoxy) is 1. The quantitative estimate of drug-likeness (QED) is 0.690. The Balaban J connectivity index is 1.71. The summed E-state index contributed by atoms with van der Waals surface area (Å²) in [4.78, 5) is 2.58. The van der Waals surface area contributed by atoms with Gasteiger partial charge in [0.25, 0.3) is 0 Å². The molecule has 5 nitrogen and oxygen atoms in total. The van der Waals surface area contributed by atoms with E-state index in [0.717, 1.165) is 56.4 Å². The topological polar surface area (TPSA) is 58.6 Å². The molecule has 1 aliphatic carbocycles. The van der Waals surface area contributed by atoms with Gasteiger partial charge in [0.2, 0.25) is 0 Å². The number of fused-ring (bicyclic) bond motifs is 1. The van der Waals surface area contributed by atoms with E-state index in [1.54, 1.807) is 12.1 Å². The van der Waals surface area contributed by atoms with E-state index in [9.17, 15) is 8.42 Å². The second-order valence-electron chi connectivity index (χ2n) is 7.77. The highest BCUT2D eigenvalue weighted by molar-refractivity contribution is 7.90. The van der Waals surface area contributed by atoms with Crippen molar-refractivity contribution in [2.45, 2.75) is 29.9 Å². The minimum absolute atomic E-state index is 0.0847. The lowest BCUT2D eigenvalue weighted by molar-refractivity contribution is 0.0821. The average Bonchev–Trinajstić information content (AvgIpc) is 2.85. The van der Waals surface area contributed by atoms with Gasteiger partial charge in [-0.1, -0.05) is 34.8 Å². The first kappa shape index (κ1) is 22.2. The van der Waals surface area contributed by atoms with E-state index in [1.165, 1.54) is 12.1 Å². The summed E-state index contributed by atoms with van der Waals surface area (Å²) in [6, 6.07) is 8.31. The molecule has 1 fully saturated rings. The summed E-state index contributed by atoms with van der Waals surface area (Å²) in [5.74, 6) is 0.441. The largest absolute Gasteiger partial charge is 0.482 e. The molecular weight excluding hydrogens is 467 g/mol. The lowest BCUT2D eigenvalue weighted by Crippen LogP contribution is -2.42. The van der Waals surface area contributed by atoms with Gasteiger partial charge in [0.05, 0.1) is 16.0 Å². The highest BCUT2D eigenvalue weighted by atomic mass is 35.5. The summed E-state index contributed by atoms with van der Waals surface area (Å²) in [6.07, 6.45) is 2.66. The minimum Gasteiger partial charge on any atom is -0.482 e. The first-order valence-corrected chi connectivity index (χ1v) is 12.9. The molecule has 2 aromatic rings. The van der Waals surface area contributed by atoms with Crippen LogP contribution in [-0.2, 0) is 16.3 Å². The number of benzene rings is 2. The van der Waals surface area contributed by atoms with Gasteiger partial charge in [-0.2, -0.15) is 0 Å². The van der Waals surface area contributed by atoms with Crippen LogP contribution in [0.5, 0.6) is 5.75 Å². The van der Waals surface area contributed by atoms with Crippen molar-refractivity contribution in [2.24, 2.45) is 0 Å². The third-order valence-electron chi connectivity index (χ3n) is 5.69. The molecule has 0 bridgehead atoms. The average molecular weight is 490 g/mol. The number of hydrogen-bond acceptors (Lipinski definition) is 5. The van der Waals surface area contributed by atoms with Crippen LogP contribution in [0, 0.1) is 0 Å². The molecule has 0 aromatic heterocycles. The van der Waals surface area contributed by atoms with E-state index in [-0.39, 0.29) is 22.1 Å². The van der Waals surface area contributed by atoms with Crippen molar-refractivity contribution < 1.29 is 13.2 Å². The summed E-state index contributed by atoms with van der Waals surface area (Å²) in [5, 5.41) is 4.89. The molecule has 30 heavy (non-hydrogen) atoms. The van der Waals surface area contributed by atoms with E-state index < -0.39 is 9.84 Å². The van der Waals surface area contributed by atoms with Crippen molar-refractivity contribution in [3.8, 4) is 5.75 Å². The predicted molar refractivity (Wildman–Crippen MR) is 121 cm³/mol. The van der Waals surface area contributed by atoms with Crippen molar-refractivity contribution in [3.63, 3.8) is 0 Å². The zero-order valence-corrected chi connectivity index (χ0v) is 19.6. The van der Waals surface area contributed by atoms with Crippen LogP contribution in [0.15, 0.2) is 35.2 Å². The van der Waals surface area contributed by atoms with Crippen LogP contribution in [0.4, 0.5) is 0 Å². The number of sulfone groups is 1. The number of nitrogens with zero attached hydrogens (tertiary/aromatic N) is 1. The molecule has 4 rings (SSSR count). The van der Waals surface area contributed by atoms with Gasteiger partial charge in [-0.15, -0.1) is 0 Å². The maximum Gasteiger partial charge on any atom is 0.175 e. The van der Waals surface area contributed by atoms with Crippen LogP contribution in [0.2, 0.25) is 15.1 Å². The molecule has 1 aliphatic heterocycles. The maximum atomic E-state index is 11.8. The molecule has 9 heteroatoms. The monoisotopic (exact) mass is 488 g/mol. The van der Waals surface area contributed by atoms with Gasteiger partial charge in [-0.05, 0) is 61.8 Å². The van der Waals surface area contributed by atoms with Crippen LogP contribution in [0.1, 0.15) is 23.7 Å². The third-order valence-corrected chi connectivity index (χ3v) is 7.65. The second-order valence-corrected chi connectivity index (χ2v) is 11.0. The third kappa shape index (κ3) is 4.59. The zero-order chi connectivity index (χ0) is 21.5. The second kappa shape index (κ2) is 8.85. The molecule has 2 aliphatic rings. The summed E-state index contributed by atoms with van der Waals surface area (Å²) in [5.41, 5.74) is 2.00. The van der Waals surface area contributed by atoms with E-state index in [4.69, 9.17) is 39.5 Å². The highest BCUT2D eigenvalue weighted by Crippen LogP contribution is 2.44. The van der Waals surface area contributed by atoms with Crippen LogP contribution in [0.3, 0.4) is 0 Å². The Morgan fingerprint density at radius 2 is 1.87 bits per heavy atom. The summed E-state index contributed by atoms with van der Waals surface area (Å²) in [7, 11) is -3.35. The molecule has 0 amide bonds. The van der Waals surface area contributed by atoms with Crippen molar-refractivity contribution in [3.05, 3.63) is 56.5 Å². The predicted octanol–water partition coefficient (Wildman–Crippen LogP) is 4.39. The first-order chi connectivity index (χ1) is 14.2. The fourth-order valence-electron chi connectivity index (χ4n) is 4.22. The molecule has 0 saturated carbocycles. The first-order valence-electron chi connectivity index (χ1n) is 9.83. The summed E-state index contributed by atoms with van der Waals surface area (Å²) in [6.45, 7) is 3.77. The van der Waals surface area contributed by atoms with Gasteiger partial charge in [-0.25, -0.2) is 8.42 Å². The molecule has 162 valence electrons. The Labute approximate surface area is 192 Å². The van der Waals surface area contributed by atoms with Gasteiger partial charge in [0.15, 0.2) is 9.84 Å². The van der Waals surface area contributed by atoms with E-state index in [2.05, 4.69) is 10.2 Å². The number of hydrogen-bond donors (Lipinski definition) is 1. The standard InChI is InChI=1S/C21H23Cl3N2O3S/c1-30(27,28)14-3-4-20(18(24)11-14)29-21-16-9-13(22)10-17(23)15(16)12-19(21)26-7-2-5-25-6-8-26/h3-4,9-11,19,21,25H,2,5-8,12H2,1H3. The van der Waals surface area contributed by atoms with E-state index in [0.29, 0.717) is 15.8 Å². The summed E-state index contributed by atoms with van der Waals surface area (Å²) >= 11 is 19.2. The number of rotatable bonds is 4. The van der Waals surface area contributed by atoms with Crippen molar-refractivity contribution in [1.82, 2.24) is 10.2 Å². The Morgan fingerprint density at radius 3 is 2.60 bits per heavy atom. The molecule has 2 atom stereocenters. The molecule has 0 spiro atoms. The van der Waals surface area contributed by atoms with Gasteiger partial charge < -0.3 is 10.1 Å². The van der Waals surface area contributed by atoms with Crippen molar-refractivity contribution in [2.75, 3.05) is 32.4 Å². The Bertz CT molecular complexity index is 1050. The maximum absolute atomic E-state index is 11.8. The number of nitrogens with one attached hydrogen (secondary N) is 1. The lowest BCUT2D eigenvalue weighted by atomic mass is 10.1. The van der Waals surface area contributed by atoms with Gasteiger partial charge in [-0.3, -0.25) is 4.90 Å². The zero-order valence-electron chi connectivity index (χ0n) is 16.5. The van der Waals surface area contributed by atoms with Gasteiger partial charge in [0, 0.05) is 35.0 Å². The minimum atomic E-state index is -3.35. The normalized spacial score (nSPS) is 22.5. The molecule has 2 aromatic carbocycles. The van der Waals surface area contributed by atoms with E-state index in [1.807, 2.05) is 6.07 Å². The Kier molecular flexibility index (Phi) is 6.54. The fourth-order valence-corrected chi connectivity index (χ4v) is 5.74. The summed E-state index contributed by atoms with van der Waals surface area (Å²) < 4.78 is 30.1. The van der Waals surface area contributed by atoms with Crippen LogP contribution in [-0.4, -0.2) is 51.8 Å². The molecule has 0 radical (unpaired) electrons. The van der Waals surface area contributed by atoms with Crippen LogP contribution in [0.25, 0.3) is 0 Å². The molecule has 1 heterocycles. The molecule has 1 N–H and O–H groups in total. The smallest absolute Gasteiger partial charge is 0.175 e. The fraction of sp³-hybridized carbons (Fsp3) is 0.429. The van der Waals surface area contributed by atoms with E-state index >= 15 is 0 Å². The number of halogens is 3. The molecule has 1 saturated heterocycles. The highest BCUT2D eigenvalue weighted by Gasteiger charge is 2.40. The van der Waals surface area contributed by atoms with Crippen molar-refractivity contribution >= 4 is 44.6 Å². The molecule has 2 unspecified atom stereocenters. The van der Waals surface area contributed by atoms with Gasteiger partial charge >= 0.3 is 0 Å². The molecular formula is C21H23Cl3N2O3S. The van der Waals surface area contributed by atoms with Crippen molar-refractivity contribution in [1.29, 1.82) is 0 Å². The van der Waals surface area contributed by atoms with Gasteiger partial charge in [0.1, 0.15) is 11.9 Å².